The molecule has 1 aliphatic rings. The van der Waals surface area contributed by atoms with Gasteiger partial charge in [-0.15, -0.1) is 6.42 Å². The van der Waals surface area contributed by atoms with Gasteiger partial charge in [-0.25, -0.2) is 5.57 Å². The molecular weight excluding hydrogens is 337 g/mol. The molecule has 21 heavy (non-hydrogen) atoms. The minimum absolute atomic E-state index is 0. The Hall–Kier alpha value is 0.243. The summed E-state index contributed by atoms with van der Waals surface area (Å²) in [6.07, 6.45) is 6.75. The molecule has 1 aliphatic carbocycles. The van der Waals surface area contributed by atoms with Crippen LogP contribution in [-0.4, -0.2) is 42.3 Å². The molecule has 0 amide bonds. The van der Waals surface area contributed by atoms with E-state index in [0.29, 0.717) is 11.8 Å². The van der Waals surface area contributed by atoms with Gasteiger partial charge in [0.25, 0.3) is 0 Å². The van der Waals surface area contributed by atoms with E-state index in [0.717, 1.165) is 6.42 Å². The van der Waals surface area contributed by atoms with Gasteiger partial charge in [0.1, 0.15) is 0 Å². The van der Waals surface area contributed by atoms with E-state index in [1.54, 1.807) is 42.3 Å². The SMILES string of the molecule is CC(C)C1=[C-]CC=C1C(C)C.C[N-]C.C[N-]C.C[N-]C.[Zr+4]. The molecule has 0 atom stereocenters. The van der Waals surface area contributed by atoms with Crippen molar-refractivity contribution in [3.05, 3.63) is 39.2 Å². The van der Waals surface area contributed by atoms with Crippen molar-refractivity contribution < 1.29 is 26.2 Å². The summed E-state index contributed by atoms with van der Waals surface area (Å²) in [5.41, 5.74) is 2.96. The monoisotopic (exact) mass is 371 g/mol. The normalized spacial score (nSPS) is 11.8. The van der Waals surface area contributed by atoms with Crippen LogP contribution in [0.3, 0.4) is 0 Å². The topological polar surface area (TPSA) is 42.3 Å². The van der Waals surface area contributed by atoms with Crippen LogP contribution in [-0.2, 0) is 26.2 Å². The van der Waals surface area contributed by atoms with Crippen molar-refractivity contribution in [3.8, 4) is 0 Å². The second-order valence-electron chi connectivity index (χ2n) is 5.11. The number of rotatable bonds is 2. The molecule has 0 aromatic carbocycles. The van der Waals surface area contributed by atoms with Crippen LogP contribution >= 0.6 is 0 Å². The summed E-state index contributed by atoms with van der Waals surface area (Å²) in [6, 6.07) is 0. The third-order valence-electron chi connectivity index (χ3n) is 2.12. The Morgan fingerprint density at radius 2 is 1.14 bits per heavy atom. The van der Waals surface area contributed by atoms with Gasteiger partial charge >= 0.3 is 26.2 Å². The number of allylic oxidation sites excluding steroid dienone is 4. The smallest absolute Gasteiger partial charge is 0.668 e. The average Bonchev–Trinajstić information content (AvgIpc) is 2.81. The Kier molecular flexibility index (Phi) is 31.4. The molecule has 0 saturated heterocycles. The van der Waals surface area contributed by atoms with Crippen molar-refractivity contribution >= 4 is 0 Å². The zero-order valence-electron chi connectivity index (χ0n) is 15.8. The van der Waals surface area contributed by atoms with E-state index < -0.39 is 0 Å². The van der Waals surface area contributed by atoms with Crippen LogP contribution in [0.25, 0.3) is 16.0 Å². The zero-order valence-corrected chi connectivity index (χ0v) is 18.2. The maximum atomic E-state index is 3.50. The quantitative estimate of drug-likeness (QED) is 0.597. The molecule has 0 saturated carbocycles. The first kappa shape index (κ1) is 29.3. The summed E-state index contributed by atoms with van der Waals surface area (Å²) < 4.78 is 0. The molecule has 0 aliphatic heterocycles. The Morgan fingerprint density at radius 1 is 0.810 bits per heavy atom. The van der Waals surface area contributed by atoms with Crippen LogP contribution in [0.4, 0.5) is 0 Å². The summed E-state index contributed by atoms with van der Waals surface area (Å²) in [4.78, 5) is 0. The van der Waals surface area contributed by atoms with Gasteiger partial charge in [0, 0.05) is 0 Å². The largest absolute Gasteiger partial charge is 4.00 e. The fraction of sp³-hybridized carbons (Fsp3) is 0.765. The van der Waals surface area contributed by atoms with E-state index >= 15 is 0 Å². The average molecular weight is 373 g/mol. The molecular formula is C17H35N3Zr. The van der Waals surface area contributed by atoms with Gasteiger partial charge < -0.3 is 16.0 Å². The summed E-state index contributed by atoms with van der Waals surface area (Å²) in [5, 5.41) is 10.5. The van der Waals surface area contributed by atoms with Gasteiger partial charge in [0.15, 0.2) is 0 Å². The Labute approximate surface area is 153 Å². The van der Waals surface area contributed by atoms with E-state index in [-0.39, 0.29) is 26.2 Å². The van der Waals surface area contributed by atoms with Gasteiger partial charge in [-0.3, -0.25) is 6.08 Å². The predicted molar refractivity (Wildman–Crippen MR) is 94.8 cm³/mol. The number of hydrogen-bond acceptors (Lipinski definition) is 0. The molecule has 0 bridgehead atoms. The minimum atomic E-state index is 0. The Morgan fingerprint density at radius 3 is 1.33 bits per heavy atom. The standard InChI is InChI=1S/C11H17.3C2H6N.Zr/c1-8(2)10-6-5-7-11(10)9(3)4;3*1-3-2;/h6,8-9H,5H2,1-4H3;3*1-2H3;/q4*-1;+4. The van der Waals surface area contributed by atoms with Gasteiger partial charge in [-0.1, -0.05) is 39.5 Å². The van der Waals surface area contributed by atoms with Crippen LogP contribution < -0.4 is 0 Å². The van der Waals surface area contributed by atoms with Gasteiger partial charge in [0.05, 0.1) is 0 Å². The summed E-state index contributed by atoms with van der Waals surface area (Å²) in [6.45, 7) is 8.98. The maximum Gasteiger partial charge on any atom is 4.00 e. The summed E-state index contributed by atoms with van der Waals surface area (Å²) in [5.74, 6) is 1.31. The van der Waals surface area contributed by atoms with Crippen LogP contribution in [0.2, 0.25) is 0 Å². The Bertz CT molecular complexity index is 220. The van der Waals surface area contributed by atoms with Crippen LogP contribution in [0, 0.1) is 17.9 Å². The van der Waals surface area contributed by atoms with Crippen molar-refractivity contribution in [2.24, 2.45) is 11.8 Å². The van der Waals surface area contributed by atoms with E-state index in [1.165, 1.54) is 11.1 Å². The fourth-order valence-corrected chi connectivity index (χ4v) is 1.57. The molecule has 0 N–H and O–H groups in total. The predicted octanol–water partition coefficient (Wildman–Crippen LogP) is 5.21. The van der Waals surface area contributed by atoms with E-state index in [1.807, 2.05) is 0 Å². The first-order valence-electron chi connectivity index (χ1n) is 7.12. The zero-order chi connectivity index (χ0) is 16.6. The third-order valence-corrected chi connectivity index (χ3v) is 2.12. The van der Waals surface area contributed by atoms with Crippen LogP contribution in [0.1, 0.15) is 34.1 Å². The van der Waals surface area contributed by atoms with Gasteiger partial charge in [-0.2, -0.15) is 53.9 Å². The Balaban J connectivity index is -0.000000122. The summed E-state index contributed by atoms with van der Waals surface area (Å²) >= 11 is 0. The molecule has 4 heteroatoms. The van der Waals surface area contributed by atoms with Crippen molar-refractivity contribution in [2.75, 3.05) is 42.3 Å². The van der Waals surface area contributed by atoms with Crippen LogP contribution in [0.15, 0.2) is 17.2 Å². The molecule has 3 nitrogen and oxygen atoms in total. The van der Waals surface area contributed by atoms with E-state index in [9.17, 15) is 0 Å². The molecule has 0 aromatic rings. The molecule has 0 aromatic heterocycles. The van der Waals surface area contributed by atoms with Crippen molar-refractivity contribution in [2.45, 2.75) is 34.1 Å². The van der Waals surface area contributed by atoms with Crippen molar-refractivity contribution in [3.63, 3.8) is 0 Å². The second-order valence-corrected chi connectivity index (χ2v) is 5.11. The number of nitrogens with zero attached hydrogens (tertiary/aromatic N) is 3. The molecule has 0 heterocycles. The minimum Gasteiger partial charge on any atom is -0.668 e. The molecule has 122 valence electrons. The summed E-state index contributed by atoms with van der Waals surface area (Å²) in [7, 11) is 10.5. The third kappa shape index (κ3) is 20.2. The van der Waals surface area contributed by atoms with Crippen molar-refractivity contribution in [1.29, 1.82) is 0 Å². The maximum absolute atomic E-state index is 3.50. The molecule has 0 fully saturated rings. The fourth-order valence-electron chi connectivity index (χ4n) is 1.57. The van der Waals surface area contributed by atoms with Gasteiger partial charge in [-0.05, 0) is 0 Å². The van der Waals surface area contributed by atoms with Crippen LogP contribution in [0.5, 0.6) is 0 Å². The van der Waals surface area contributed by atoms with E-state index in [2.05, 4.69) is 55.8 Å². The molecule has 0 unspecified atom stereocenters. The molecule has 0 spiro atoms. The second kappa shape index (κ2) is 22.5. The van der Waals surface area contributed by atoms with Gasteiger partial charge in [0.2, 0.25) is 0 Å². The van der Waals surface area contributed by atoms with E-state index in [4.69, 9.17) is 0 Å². The first-order valence-corrected chi connectivity index (χ1v) is 7.12. The first-order chi connectivity index (χ1) is 9.37. The van der Waals surface area contributed by atoms with Crippen molar-refractivity contribution in [1.82, 2.24) is 0 Å². The number of hydrogen-bond donors (Lipinski definition) is 0. The molecule has 1 rings (SSSR count). The molecule has 0 radical (unpaired) electrons.